The molecule has 0 spiro atoms. The van der Waals surface area contributed by atoms with Gasteiger partial charge in [-0.25, -0.2) is 0 Å². The summed E-state index contributed by atoms with van der Waals surface area (Å²) in [5, 5.41) is 0. The Labute approximate surface area is 76.0 Å². The van der Waals surface area contributed by atoms with Crippen molar-refractivity contribution in [3.63, 3.8) is 0 Å². The minimum absolute atomic E-state index is 0.109. The molecule has 0 aliphatic heterocycles. The number of halogens is 3. The summed E-state index contributed by atoms with van der Waals surface area (Å²) in [6, 6.07) is 0. The lowest BCUT2D eigenvalue weighted by molar-refractivity contribution is -0.169. The Morgan fingerprint density at radius 1 is 1.25 bits per heavy atom. The summed E-state index contributed by atoms with van der Waals surface area (Å²) in [7, 11) is 0. The van der Waals surface area contributed by atoms with Crippen molar-refractivity contribution in [2.24, 2.45) is 4.99 Å². The maximum atomic E-state index is 11.6. The molecule has 0 saturated carbocycles. The van der Waals surface area contributed by atoms with Crippen LogP contribution in [0.3, 0.4) is 0 Å². The molecule has 2 nitrogen and oxygen atoms in total. The zero-order chi connectivity index (χ0) is 9.78. The number of thioether (sulfide) groups is 2. The number of hydrogen-bond acceptors (Lipinski definition) is 3. The van der Waals surface area contributed by atoms with E-state index in [2.05, 4.69) is 4.99 Å². The zero-order valence-electron chi connectivity index (χ0n) is 6.31. The van der Waals surface area contributed by atoms with Crippen LogP contribution in [0.5, 0.6) is 0 Å². The first-order valence-electron chi connectivity index (χ1n) is 2.69. The fraction of sp³-hybridized carbons (Fsp3) is 0.600. The highest BCUT2D eigenvalue weighted by molar-refractivity contribution is 8.38. The van der Waals surface area contributed by atoms with Crippen molar-refractivity contribution in [1.29, 1.82) is 0 Å². The van der Waals surface area contributed by atoms with E-state index >= 15 is 0 Å². The number of aliphatic imine (C=N–C) groups is 1. The van der Waals surface area contributed by atoms with Crippen LogP contribution < -0.4 is 0 Å². The molecule has 0 aromatic rings. The summed E-state index contributed by atoms with van der Waals surface area (Å²) >= 11 is 2.01. The smallest absolute Gasteiger partial charge is 0.262 e. The predicted molar refractivity (Wildman–Crippen MR) is 45.5 cm³/mol. The summed E-state index contributed by atoms with van der Waals surface area (Å²) in [6.07, 6.45) is -1.76. The average Bonchev–Trinajstić information content (AvgIpc) is 1.97. The third-order valence-electron chi connectivity index (χ3n) is 0.785. The monoisotopic (exact) mass is 217 g/mol. The van der Waals surface area contributed by atoms with E-state index < -0.39 is 12.1 Å². The van der Waals surface area contributed by atoms with Gasteiger partial charge in [0.2, 0.25) is 0 Å². The highest BCUT2D eigenvalue weighted by atomic mass is 32.2. The van der Waals surface area contributed by atoms with Gasteiger partial charge in [0.1, 0.15) is 4.38 Å². The van der Waals surface area contributed by atoms with Crippen LogP contribution in [0.1, 0.15) is 0 Å². The lowest BCUT2D eigenvalue weighted by Crippen LogP contribution is -2.20. The lowest BCUT2D eigenvalue weighted by Gasteiger charge is -2.00. The summed E-state index contributed by atoms with van der Waals surface area (Å²) in [5.74, 6) is -2.05. The van der Waals surface area contributed by atoms with Gasteiger partial charge in [0.25, 0.3) is 0 Å². The molecule has 7 heteroatoms. The molecule has 0 saturated heterocycles. The molecule has 0 aliphatic carbocycles. The van der Waals surface area contributed by atoms with Crippen molar-refractivity contribution < 1.29 is 18.0 Å². The Morgan fingerprint density at radius 2 is 1.67 bits per heavy atom. The molecule has 0 aromatic carbocycles. The zero-order valence-corrected chi connectivity index (χ0v) is 7.94. The van der Waals surface area contributed by atoms with E-state index in [1.807, 2.05) is 0 Å². The second-order valence-electron chi connectivity index (χ2n) is 1.59. The van der Waals surface area contributed by atoms with Gasteiger partial charge in [-0.1, -0.05) is 0 Å². The minimum Gasteiger partial charge on any atom is -0.262 e. The SMILES string of the molecule is CSC(=NC(=O)C(F)(F)F)SC. The van der Waals surface area contributed by atoms with Crippen molar-refractivity contribution in [3.8, 4) is 0 Å². The van der Waals surface area contributed by atoms with Crippen LogP contribution in [0.25, 0.3) is 0 Å². The molecule has 0 fully saturated rings. The van der Waals surface area contributed by atoms with Gasteiger partial charge in [-0.15, -0.1) is 23.5 Å². The van der Waals surface area contributed by atoms with Gasteiger partial charge in [-0.05, 0) is 12.5 Å². The number of rotatable bonds is 0. The molecule has 0 heterocycles. The van der Waals surface area contributed by atoms with E-state index in [0.29, 0.717) is 0 Å². The molecule has 12 heavy (non-hydrogen) atoms. The van der Waals surface area contributed by atoms with Gasteiger partial charge in [-0.3, -0.25) is 4.79 Å². The summed E-state index contributed by atoms with van der Waals surface area (Å²) in [4.78, 5) is 13.1. The second kappa shape index (κ2) is 4.76. The summed E-state index contributed by atoms with van der Waals surface area (Å²) < 4.78 is 34.9. The van der Waals surface area contributed by atoms with Gasteiger partial charge in [0.05, 0.1) is 0 Å². The van der Waals surface area contributed by atoms with Gasteiger partial charge in [0.15, 0.2) is 0 Å². The molecule has 1 amide bonds. The standard InChI is InChI=1S/C5H6F3NOS2/c1-11-4(12-2)9-3(10)5(6,7)8/h1-2H3. The van der Waals surface area contributed by atoms with Gasteiger partial charge < -0.3 is 0 Å². The number of alkyl halides is 3. The third kappa shape index (κ3) is 4.01. The number of carbonyl (C=O) groups excluding carboxylic acids is 1. The van der Waals surface area contributed by atoms with Crippen LogP contribution in [-0.4, -0.2) is 29.0 Å². The summed E-state index contributed by atoms with van der Waals surface area (Å²) in [6.45, 7) is 0. The molecular formula is C5H6F3NOS2. The quantitative estimate of drug-likeness (QED) is 0.460. The highest BCUT2D eigenvalue weighted by Crippen LogP contribution is 2.19. The highest BCUT2D eigenvalue weighted by Gasteiger charge is 2.38. The normalized spacial score (nSPS) is 11.1. The van der Waals surface area contributed by atoms with E-state index in [9.17, 15) is 18.0 Å². The van der Waals surface area contributed by atoms with Crippen molar-refractivity contribution >= 4 is 33.8 Å². The first-order valence-corrected chi connectivity index (χ1v) is 5.14. The van der Waals surface area contributed by atoms with Crippen LogP contribution in [0.2, 0.25) is 0 Å². The van der Waals surface area contributed by atoms with Crippen molar-refractivity contribution in [2.45, 2.75) is 6.18 Å². The van der Waals surface area contributed by atoms with Gasteiger partial charge in [0, 0.05) is 0 Å². The van der Waals surface area contributed by atoms with Crippen LogP contribution in [0.4, 0.5) is 13.2 Å². The Kier molecular flexibility index (Phi) is 4.69. The van der Waals surface area contributed by atoms with Crippen LogP contribution in [-0.2, 0) is 4.79 Å². The number of amides is 1. The first-order chi connectivity index (χ1) is 5.41. The van der Waals surface area contributed by atoms with E-state index in [0.717, 1.165) is 23.5 Å². The fourth-order valence-corrected chi connectivity index (χ4v) is 1.34. The molecule has 0 atom stereocenters. The predicted octanol–water partition coefficient (Wildman–Crippen LogP) is 2.16. The molecule has 0 radical (unpaired) electrons. The Bertz CT molecular complexity index is 195. The van der Waals surface area contributed by atoms with Crippen molar-refractivity contribution in [1.82, 2.24) is 0 Å². The lowest BCUT2D eigenvalue weighted by atomic mass is 10.6. The third-order valence-corrected chi connectivity index (χ3v) is 2.67. The minimum atomic E-state index is -4.86. The van der Waals surface area contributed by atoms with Gasteiger partial charge >= 0.3 is 12.1 Å². The molecular weight excluding hydrogens is 211 g/mol. The molecule has 0 bridgehead atoms. The molecule has 70 valence electrons. The van der Waals surface area contributed by atoms with Crippen LogP contribution in [0, 0.1) is 0 Å². The van der Waals surface area contributed by atoms with Crippen molar-refractivity contribution in [2.75, 3.05) is 12.5 Å². The van der Waals surface area contributed by atoms with E-state index in [1.165, 1.54) is 0 Å². The van der Waals surface area contributed by atoms with E-state index in [-0.39, 0.29) is 4.38 Å². The molecule has 0 unspecified atom stereocenters. The number of carbonyl (C=O) groups is 1. The van der Waals surface area contributed by atoms with E-state index in [1.54, 1.807) is 12.5 Å². The fourth-order valence-electron chi connectivity index (χ4n) is 0.321. The maximum absolute atomic E-state index is 11.6. The van der Waals surface area contributed by atoms with Crippen LogP contribution in [0.15, 0.2) is 4.99 Å². The summed E-state index contributed by atoms with van der Waals surface area (Å²) in [5.41, 5.74) is 0. The number of hydrogen-bond donors (Lipinski definition) is 0. The Morgan fingerprint density at radius 3 is 1.92 bits per heavy atom. The van der Waals surface area contributed by atoms with Crippen molar-refractivity contribution in [3.05, 3.63) is 0 Å². The Balaban J connectivity index is 4.42. The average molecular weight is 217 g/mol. The molecule has 0 aliphatic rings. The second-order valence-corrected chi connectivity index (χ2v) is 3.44. The molecule has 0 aromatic heterocycles. The molecule has 0 rings (SSSR count). The van der Waals surface area contributed by atoms with Crippen LogP contribution >= 0.6 is 23.5 Å². The topological polar surface area (TPSA) is 29.4 Å². The molecule has 0 N–H and O–H groups in total. The number of nitrogens with zero attached hydrogens (tertiary/aromatic N) is 1. The Hall–Kier alpha value is -0.170. The maximum Gasteiger partial charge on any atom is 0.473 e. The van der Waals surface area contributed by atoms with E-state index in [4.69, 9.17) is 0 Å². The first kappa shape index (κ1) is 11.8. The van der Waals surface area contributed by atoms with Gasteiger partial charge in [-0.2, -0.15) is 18.2 Å². The largest absolute Gasteiger partial charge is 0.473 e.